The number of hydrogen-bond acceptors (Lipinski definition) is 9. The van der Waals surface area contributed by atoms with Crippen molar-refractivity contribution >= 4 is 43.2 Å². The normalized spacial score (nSPS) is 12.6. The number of benzene rings is 3. The molecule has 13 heteroatoms. The van der Waals surface area contributed by atoms with Crippen molar-refractivity contribution in [3.63, 3.8) is 0 Å². The Labute approximate surface area is 182 Å². The number of phenolic OH excluding ortho intramolecular Hbond substituents is 1. The van der Waals surface area contributed by atoms with Gasteiger partial charge in [0.25, 0.3) is 0 Å². The maximum Gasteiger partial charge on any atom is 0.335 e. The monoisotopic (exact) mass is 480 g/mol. The Morgan fingerprint density at radius 3 is 1.47 bits per heavy atom. The Kier molecular flexibility index (Phi) is 6.41. The van der Waals surface area contributed by atoms with Crippen LogP contribution >= 0.6 is 0 Å². The highest BCUT2D eigenvalue weighted by atomic mass is 32.3. The van der Waals surface area contributed by atoms with Gasteiger partial charge in [0.05, 0.1) is 27.6 Å². The van der Waals surface area contributed by atoms with Gasteiger partial charge in [0, 0.05) is 0 Å². The summed E-state index contributed by atoms with van der Waals surface area (Å²) in [5, 5.41) is 25.4. The highest BCUT2D eigenvalue weighted by molar-refractivity contribution is 7.86. The number of phenols is 1. The van der Waals surface area contributed by atoms with Crippen molar-refractivity contribution in [2.45, 2.75) is 16.7 Å². The molecule has 3 rings (SSSR count). The van der Waals surface area contributed by atoms with Crippen LogP contribution in [0.2, 0.25) is 0 Å². The topological polar surface area (TPSA) is 138 Å². The minimum atomic E-state index is -5.13. The van der Waals surface area contributed by atoms with Gasteiger partial charge in [0.1, 0.15) is 10.6 Å². The third-order valence-electron chi connectivity index (χ3n) is 4.04. The van der Waals surface area contributed by atoms with Crippen LogP contribution in [0.25, 0.3) is 0 Å². The summed E-state index contributed by atoms with van der Waals surface area (Å²) in [6.07, 6.45) is 0. The molecule has 0 radical (unpaired) electrons. The second kappa shape index (κ2) is 8.88. The van der Waals surface area contributed by atoms with Crippen molar-refractivity contribution in [2.75, 3.05) is 0 Å². The molecule has 3 aromatic rings. The largest absolute Gasteiger partial charge is 0.506 e. The summed E-state index contributed by atoms with van der Waals surface area (Å²) >= 11 is 0. The van der Waals surface area contributed by atoms with Crippen molar-refractivity contribution < 1.29 is 29.7 Å². The first kappa shape index (κ1) is 23.1. The highest BCUT2D eigenvalue weighted by Crippen LogP contribution is 2.33. The quantitative estimate of drug-likeness (QED) is 0.348. The first-order valence-corrected chi connectivity index (χ1v) is 11.5. The lowest BCUT2D eigenvalue weighted by Gasteiger charge is -2.04. The van der Waals surface area contributed by atoms with E-state index in [-0.39, 0.29) is 11.3 Å². The first-order valence-electron chi connectivity index (χ1n) is 8.70. The molecular formula is C19H14F2N4O5S2. The van der Waals surface area contributed by atoms with Gasteiger partial charge in [-0.3, -0.25) is 0 Å². The van der Waals surface area contributed by atoms with E-state index in [1.165, 1.54) is 37.3 Å². The molecule has 166 valence electrons. The Balaban J connectivity index is 1.74. The maximum atomic E-state index is 13.3. The Hall–Kier alpha value is -3.58. The van der Waals surface area contributed by atoms with E-state index >= 15 is 0 Å². The van der Waals surface area contributed by atoms with Gasteiger partial charge in [-0.15, -0.1) is 7.77 Å². The van der Waals surface area contributed by atoms with E-state index in [4.69, 9.17) is 0 Å². The van der Waals surface area contributed by atoms with Crippen LogP contribution in [0.1, 0.15) is 5.56 Å². The molecule has 0 aromatic heterocycles. The summed E-state index contributed by atoms with van der Waals surface area (Å²) in [5.74, 6) is -0.692. The molecular weight excluding hydrogens is 466 g/mol. The molecule has 0 saturated heterocycles. The fourth-order valence-corrected chi connectivity index (χ4v) is 3.58. The highest BCUT2D eigenvalue weighted by Gasteiger charge is 2.20. The third-order valence-corrected chi connectivity index (χ3v) is 5.71. The van der Waals surface area contributed by atoms with E-state index < -0.39 is 36.0 Å². The van der Waals surface area contributed by atoms with E-state index in [1.807, 2.05) is 0 Å². The minimum absolute atomic E-state index is 0.0269. The second-order valence-electron chi connectivity index (χ2n) is 6.40. The molecule has 0 aliphatic rings. The molecule has 0 amide bonds. The van der Waals surface area contributed by atoms with Crippen LogP contribution in [-0.2, 0) is 20.4 Å². The van der Waals surface area contributed by atoms with Gasteiger partial charge in [-0.1, -0.05) is 0 Å². The molecule has 0 fully saturated rings. The lowest BCUT2D eigenvalue weighted by molar-refractivity contribution is 0.451. The van der Waals surface area contributed by atoms with Gasteiger partial charge >= 0.3 is 20.4 Å². The van der Waals surface area contributed by atoms with Crippen molar-refractivity contribution in [3.8, 4) is 5.75 Å². The summed E-state index contributed by atoms with van der Waals surface area (Å²) in [4.78, 5) is -1.37. The zero-order valence-electron chi connectivity index (χ0n) is 16.2. The molecule has 9 nitrogen and oxygen atoms in total. The van der Waals surface area contributed by atoms with E-state index in [0.29, 0.717) is 17.1 Å². The number of rotatable bonds is 6. The van der Waals surface area contributed by atoms with Crippen molar-refractivity contribution in [2.24, 2.45) is 20.5 Å². The molecule has 0 saturated carbocycles. The SMILES string of the molecule is Cc1cc(N=Nc2ccc(N=Nc3ccc(S(=O)(=O)F)cc3)cc2)cc(S(=O)(=O)F)c1O. The molecule has 0 aliphatic carbocycles. The van der Waals surface area contributed by atoms with Gasteiger partial charge in [0.2, 0.25) is 0 Å². The molecule has 0 spiro atoms. The number of nitrogens with zero attached hydrogens (tertiary/aromatic N) is 4. The molecule has 32 heavy (non-hydrogen) atoms. The average molecular weight is 480 g/mol. The van der Waals surface area contributed by atoms with Crippen LogP contribution in [0.5, 0.6) is 5.75 Å². The maximum absolute atomic E-state index is 13.3. The lowest BCUT2D eigenvalue weighted by atomic mass is 10.2. The second-order valence-corrected chi connectivity index (χ2v) is 9.06. The van der Waals surface area contributed by atoms with E-state index in [2.05, 4.69) is 20.5 Å². The molecule has 0 atom stereocenters. The van der Waals surface area contributed by atoms with E-state index in [0.717, 1.165) is 18.2 Å². The van der Waals surface area contributed by atoms with Crippen molar-refractivity contribution in [1.29, 1.82) is 0 Å². The smallest absolute Gasteiger partial charge is 0.335 e. The van der Waals surface area contributed by atoms with Crippen LogP contribution in [0.4, 0.5) is 30.5 Å². The minimum Gasteiger partial charge on any atom is -0.506 e. The van der Waals surface area contributed by atoms with Crippen LogP contribution in [-0.4, -0.2) is 21.9 Å². The molecule has 3 aromatic carbocycles. The average Bonchev–Trinajstić information content (AvgIpc) is 2.72. The van der Waals surface area contributed by atoms with Gasteiger partial charge < -0.3 is 5.11 Å². The van der Waals surface area contributed by atoms with Gasteiger partial charge in [0.15, 0.2) is 0 Å². The Morgan fingerprint density at radius 1 is 0.656 bits per heavy atom. The van der Waals surface area contributed by atoms with Gasteiger partial charge in [-0.05, 0) is 73.2 Å². The number of halogens is 2. The molecule has 0 unspecified atom stereocenters. The molecule has 0 heterocycles. The van der Waals surface area contributed by atoms with Crippen molar-refractivity contribution in [1.82, 2.24) is 0 Å². The van der Waals surface area contributed by atoms with E-state index in [1.54, 1.807) is 12.1 Å². The number of aryl methyl sites for hydroxylation is 1. The molecule has 0 bridgehead atoms. The summed E-state index contributed by atoms with van der Waals surface area (Å²) in [5.41, 5.74) is 1.25. The summed E-state index contributed by atoms with van der Waals surface area (Å²) in [6, 6.07) is 13.1. The first-order chi connectivity index (χ1) is 14.9. The van der Waals surface area contributed by atoms with Crippen LogP contribution in [0, 0.1) is 6.92 Å². The zero-order valence-corrected chi connectivity index (χ0v) is 17.8. The molecule has 1 N–H and O–H groups in total. The van der Waals surface area contributed by atoms with E-state index in [9.17, 15) is 29.7 Å². The lowest BCUT2D eigenvalue weighted by Crippen LogP contribution is -1.93. The van der Waals surface area contributed by atoms with Crippen LogP contribution in [0.3, 0.4) is 0 Å². The Morgan fingerprint density at radius 2 is 1.06 bits per heavy atom. The summed E-state index contributed by atoms with van der Waals surface area (Å²) in [6.45, 7) is 1.40. The fraction of sp³-hybridized carbons (Fsp3) is 0.0526. The third kappa shape index (κ3) is 5.76. The number of hydrogen-bond donors (Lipinski definition) is 1. The fourth-order valence-electron chi connectivity index (χ4n) is 2.46. The standard InChI is InChI=1S/C19H14F2N4O5S2/c1-12-10-16(11-18(19(12)26)32(21,29)30)25-24-14-4-2-13(3-5-14)22-23-15-6-8-17(9-7-15)31(20,27)28/h2-11,26H,1H3. The summed E-state index contributed by atoms with van der Waals surface area (Å²) in [7, 11) is -9.91. The predicted octanol–water partition coefficient (Wildman–Crippen LogP) is 5.85. The van der Waals surface area contributed by atoms with Gasteiger partial charge in [-0.2, -0.15) is 37.3 Å². The van der Waals surface area contributed by atoms with Crippen LogP contribution < -0.4 is 0 Å². The predicted molar refractivity (Wildman–Crippen MR) is 111 cm³/mol. The molecule has 0 aliphatic heterocycles. The summed E-state index contributed by atoms with van der Waals surface area (Å²) < 4.78 is 70.0. The zero-order chi connectivity index (χ0) is 23.5. The van der Waals surface area contributed by atoms with Crippen LogP contribution in [0.15, 0.2) is 90.9 Å². The van der Waals surface area contributed by atoms with Crippen molar-refractivity contribution in [3.05, 3.63) is 66.2 Å². The van der Waals surface area contributed by atoms with Gasteiger partial charge in [-0.25, -0.2) is 0 Å². The number of azo groups is 2. The Bertz CT molecular complexity index is 1420. The number of aromatic hydroxyl groups is 1.